The summed E-state index contributed by atoms with van der Waals surface area (Å²) in [6, 6.07) is 0. The van der Waals surface area contributed by atoms with E-state index in [0.29, 0.717) is 12.8 Å². The molecule has 0 bridgehead atoms. The molecule has 0 rings (SSSR count). The van der Waals surface area contributed by atoms with Crippen LogP contribution in [0.5, 0.6) is 0 Å². The summed E-state index contributed by atoms with van der Waals surface area (Å²) in [5.41, 5.74) is 4.07. The molecule has 0 amide bonds. The molecule has 0 radical (unpaired) electrons. The van der Waals surface area contributed by atoms with E-state index in [2.05, 4.69) is 12.3 Å². The second-order valence-corrected chi connectivity index (χ2v) is 2.58. The number of hydrogen-bond acceptors (Lipinski definition) is 1. The molecule has 0 saturated heterocycles. The maximum Gasteiger partial charge on any atom is 0.141 e. The zero-order chi connectivity index (χ0) is 8.69. The van der Waals surface area contributed by atoms with Gasteiger partial charge in [0.15, 0.2) is 0 Å². The van der Waals surface area contributed by atoms with Gasteiger partial charge in [-0.25, -0.2) is 0 Å². The third-order valence-electron chi connectivity index (χ3n) is 1.09. The van der Waals surface area contributed by atoms with Crippen LogP contribution in [-0.2, 0) is 4.79 Å². The van der Waals surface area contributed by atoms with Crippen LogP contribution in [0.1, 0.15) is 26.7 Å². The highest BCUT2D eigenvalue weighted by atomic mass is 16.1. The van der Waals surface area contributed by atoms with Crippen LogP contribution in [0.4, 0.5) is 0 Å². The summed E-state index contributed by atoms with van der Waals surface area (Å²) < 4.78 is 0. The zero-order valence-electron chi connectivity index (χ0n) is 7.18. The minimum absolute atomic E-state index is 0.189. The Balaban J connectivity index is 3.79. The molecule has 0 saturated carbocycles. The molecule has 0 heterocycles. The lowest BCUT2D eigenvalue weighted by Gasteiger charge is -1.86. The number of ketones is 1. The third-order valence-corrected chi connectivity index (χ3v) is 1.09. The average Bonchev–Trinajstić information content (AvgIpc) is 1.87. The van der Waals surface area contributed by atoms with Gasteiger partial charge >= 0.3 is 0 Å². The smallest absolute Gasteiger partial charge is 0.141 e. The maximum atomic E-state index is 10.9. The lowest BCUT2D eigenvalue weighted by atomic mass is 10.2. The molecule has 0 N–H and O–H groups in total. The molecule has 1 nitrogen and oxygen atoms in total. The Bertz CT molecular complexity index is 201. The summed E-state index contributed by atoms with van der Waals surface area (Å²) in [5, 5.41) is 0. The molecule has 0 aromatic heterocycles. The summed E-state index contributed by atoms with van der Waals surface area (Å²) >= 11 is 0. The normalized spacial score (nSPS) is 8.18. The van der Waals surface area contributed by atoms with Crippen molar-refractivity contribution in [2.24, 2.45) is 0 Å². The number of hydrogen-bond donors (Lipinski definition) is 0. The van der Waals surface area contributed by atoms with Gasteiger partial charge in [-0.3, -0.25) is 4.79 Å². The lowest BCUT2D eigenvalue weighted by Crippen LogP contribution is -1.91. The van der Waals surface area contributed by atoms with Gasteiger partial charge < -0.3 is 0 Å². The van der Waals surface area contributed by atoms with Crippen LogP contribution in [0, 0.1) is 0 Å². The largest absolute Gasteiger partial charge is 0.299 e. The molecule has 0 atom stereocenters. The highest BCUT2D eigenvalue weighted by Crippen LogP contribution is 1.92. The standard InChI is InChI=1S/C10H14O/c1-4-6-10(11)8-5-7-9(2)3/h4-5H,1,6,8H2,2-3H3. The molecule has 11 heavy (non-hydrogen) atoms. The predicted octanol–water partition coefficient (Wildman–Crippen LogP) is 2.64. The fraction of sp³-hybridized carbons (Fsp3) is 0.400. The fourth-order valence-electron chi connectivity index (χ4n) is 0.613. The number of carbonyl (C=O) groups excluding carboxylic acids is 1. The molecule has 1 heteroatoms. The zero-order valence-corrected chi connectivity index (χ0v) is 7.18. The van der Waals surface area contributed by atoms with E-state index in [-0.39, 0.29) is 5.78 Å². The fourth-order valence-corrected chi connectivity index (χ4v) is 0.613. The Morgan fingerprint density at radius 3 is 2.55 bits per heavy atom. The van der Waals surface area contributed by atoms with Gasteiger partial charge in [0.1, 0.15) is 5.78 Å². The minimum Gasteiger partial charge on any atom is -0.299 e. The van der Waals surface area contributed by atoms with Crippen LogP contribution in [0.15, 0.2) is 30.0 Å². The Labute approximate surface area is 68.1 Å². The van der Waals surface area contributed by atoms with Gasteiger partial charge in [-0.15, -0.1) is 12.3 Å². The molecule has 0 fully saturated rings. The summed E-state index contributed by atoms with van der Waals surface area (Å²) in [5.74, 6) is 0.189. The number of allylic oxidation sites excluding steroid dienone is 2. The Morgan fingerprint density at radius 2 is 2.09 bits per heavy atom. The highest BCUT2D eigenvalue weighted by molar-refractivity contribution is 5.81. The number of carbonyl (C=O) groups is 1. The first-order valence-corrected chi connectivity index (χ1v) is 3.67. The van der Waals surface area contributed by atoms with Crippen molar-refractivity contribution in [3.8, 4) is 0 Å². The van der Waals surface area contributed by atoms with Gasteiger partial charge in [-0.2, -0.15) is 0 Å². The Kier molecular flexibility index (Phi) is 5.14. The van der Waals surface area contributed by atoms with Crippen molar-refractivity contribution in [3.05, 3.63) is 30.0 Å². The van der Waals surface area contributed by atoms with Gasteiger partial charge in [0.25, 0.3) is 0 Å². The van der Waals surface area contributed by atoms with Gasteiger partial charge in [0, 0.05) is 12.8 Å². The molecule has 0 aliphatic heterocycles. The van der Waals surface area contributed by atoms with Crippen LogP contribution in [-0.4, -0.2) is 5.78 Å². The second-order valence-electron chi connectivity index (χ2n) is 2.58. The van der Waals surface area contributed by atoms with Gasteiger partial charge in [-0.05, 0) is 25.5 Å². The molecular formula is C10H14O. The Morgan fingerprint density at radius 1 is 1.45 bits per heavy atom. The first kappa shape index (κ1) is 9.93. The van der Waals surface area contributed by atoms with E-state index in [1.165, 1.54) is 0 Å². The van der Waals surface area contributed by atoms with E-state index >= 15 is 0 Å². The van der Waals surface area contributed by atoms with Gasteiger partial charge in [0.05, 0.1) is 0 Å². The van der Waals surface area contributed by atoms with E-state index < -0.39 is 0 Å². The third kappa shape index (κ3) is 6.82. The second kappa shape index (κ2) is 5.70. The summed E-state index contributed by atoms with van der Waals surface area (Å²) in [7, 11) is 0. The quantitative estimate of drug-likeness (QED) is 0.444. The lowest BCUT2D eigenvalue weighted by molar-refractivity contribution is -0.117. The summed E-state index contributed by atoms with van der Waals surface area (Å²) in [6.45, 7) is 7.39. The van der Waals surface area contributed by atoms with E-state index in [1.54, 1.807) is 12.2 Å². The van der Waals surface area contributed by atoms with Crippen molar-refractivity contribution < 1.29 is 4.79 Å². The van der Waals surface area contributed by atoms with E-state index in [1.807, 2.05) is 13.8 Å². The first-order chi connectivity index (χ1) is 5.16. The van der Waals surface area contributed by atoms with Crippen LogP contribution in [0.25, 0.3) is 0 Å². The van der Waals surface area contributed by atoms with Gasteiger partial charge in [-0.1, -0.05) is 6.08 Å². The van der Waals surface area contributed by atoms with Crippen LogP contribution in [0.3, 0.4) is 0 Å². The predicted molar refractivity (Wildman–Crippen MR) is 47.4 cm³/mol. The molecule has 0 aromatic carbocycles. The average molecular weight is 150 g/mol. The molecule has 0 aliphatic carbocycles. The molecule has 0 aromatic rings. The summed E-state index contributed by atoms with van der Waals surface area (Å²) in [4.78, 5) is 10.9. The van der Waals surface area contributed by atoms with Crippen molar-refractivity contribution in [1.29, 1.82) is 0 Å². The number of Topliss-reactive ketones (excluding diaryl/α,β-unsaturated/α-hetero) is 1. The van der Waals surface area contributed by atoms with Crippen molar-refractivity contribution in [2.45, 2.75) is 26.7 Å². The first-order valence-electron chi connectivity index (χ1n) is 3.67. The van der Waals surface area contributed by atoms with Crippen LogP contribution in [0.2, 0.25) is 0 Å². The van der Waals surface area contributed by atoms with E-state index in [0.717, 1.165) is 5.57 Å². The van der Waals surface area contributed by atoms with Crippen molar-refractivity contribution in [3.63, 3.8) is 0 Å². The van der Waals surface area contributed by atoms with E-state index in [4.69, 9.17) is 0 Å². The van der Waals surface area contributed by atoms with Crippen molar-refractivity contribution in [1.82, 2.24) is 0 Å². The van der Waals surface area contributed by atoms with Crippen LogP contribution >= 0.6 is 0 Å². The molecular weight excluding hydrogens is 136 g/mol. The topological polar surface area (TPSA) is 17.1 Å². The van der Waals surface area contributed by atoms with Crippen molar-refractivity contribution in [2.75, 3.05) is 0 Å². The monoisotopic (exact) mass is 150 g/mol. The molecule has 60 valence electrons. The number of rotatable bonds is 4. The van der Waals surface area contributed by atoms with Gasteiger partial charge in [0.2, 0.25) is 0 Å². The SMILES string of the molecule is C=CCC(=O)CC=C=C(C)C. The minimum atomic E-state index is 0.189. The maximum absolute atomic E-state index is 10.9. The van der Waals surface area contributed by atoms with Crippen molar-refractivity contribution >= 4 is 5.78 Å². The Hall–Kier alpha value is -1.07. The van der Waals surface area contributed by atoms with E-state index in [9.17, 15) is 4.79 Å². The van der Waals surface area contributed by atoms with Crippen LogP contribution < -0.4 is 0 Å². The summed E-state index contributed by atoms with van der Waals surface area (Å²) in [6.07, 6.45) is 4.32. The molecule has 0 spiro atoms. The molecule has 0 aliphatic rings. The highest BCUT2D eigenvalue weighted by Gasteiger charge is 1.92. The molecule has 0 unspecified atom stereocenters.